The van der Waals surface area contributed by atoms with E-state index in [9.17, 15) is 14.7 Å². The third kappa shape index (κ3) is 4.73. The molecule has 1 aromatic heterocycles. The van der Waals surface area contributed by atoms with E-state index in [4.69, 9.17) is 0 Å². The van der Waals surface area contributed by atoms with Gasteiger partial charge in [-0.2, -0.15) is 0 Å². The van der Waals surface area contributed by atoms with Crippen LogP contribution >= 0.6 is 11.3 Å². The molecular weight excluding hydrogens is 398 g/mol. The van der Waals surface area contributed by atoms with E-state index in [1.54, 1.807) is 11.3 Å². The monoisotopic (exact) mass is 433 g/mol. The quantitative estimate of drug-likeness (QED) is 0.617. The molecule has 1 aliphatic carbocycles. The number of carbonyl (C=O) groups excluding carboxylic acids is 2. The zero-order valence-corrected chi connectivity index (χ0v) is 19.0. The number of nitrogens with zero attached hydrogens (tertiary/aromatic N) is 1. The molecule has 2 bridgehead atoms. The molecule has 6 nitrogen and oxygen atoms in total. The molecule has 3 aliphatic rings. The molecule has 7 heteroatoms. The zero-order valence-electron chi connectivity index (χ0n) is 18.2. The first-order valence-corrected chi connectivity index (χ1v) is 12.3. The Balaban J connectivity index is 1.28. The molecule has 0 spiro atoms. The van der Waals surface area contributed by atoms with Gasteiger partial charge in [0, 0.05) is 28.9 Å². The number of aryl methyl sites for hydroxylation is 1. The maximum atomic E-state index is 12.8. The molecule has 2 saturated heterocycles. The van der Waals surface area contributed by atoms with Crippen LogP contribution in [0.15, 0.2) is 5.38 Å². The second kappa shape index (κ2) is 8.97. The van der Waals surface area contributed by atoms with Crippen molar-refractivity contribution in [2.75, 3.05) is 19.7 Å². The fourth-order valence-electron chi connectivity index (χ4n) is 5.45. The van der Waals surface area contributed by atoms with E-state index < -0.39 is 5.54 Å². The maximum absolute atomic E-state index is 12.8. The predicted octanol–water partition coefficient (Wildman–Crippen LogP) is 2.49. The molecule has 4 rings (SSSR count). The standard InChI is InChI=1S/C23H35N3O3S/c1-23(2,14-27)25-21(28)12-26-16-7-8-17(26)10-15(9-16)11-24-22(29)19-13-30-20-6-4-3-5-18(19)20/h13,15-17,27H,3-12,14H2,1-2H3,(H,24,29)(H,25,28)/t15?,16-,17+. The molecule has 3 atom stereocenters. The van der Waals surface area contributed by atoms with Gasteiger partial charge in [-0.15, -0.1) is 11.3 Å². The van der Waals surface area contributed by atoms with Crippen LogP contribution in [0.3, 0.4) is 0 Å². The number of nitrogens with one attached hydrogen (secondary N) is 2. The van der Waals surface area contributed by atoms with E-state index in [1.807, 2.05) is 19.2 Å². The Hall–Kier alpha value is -1.44. The highest BCUT2D eigenvalue weighted by Crippen LogP contribution is 2.38. The van der Waals surface area contributed by atoms with Gasteiger partial charge in [0.1, 0.15) is 0 Å². The minimum atomic E-state index is -0.584. The molecular formula is C23H35N3O3S. The van der Waals surface area contributed by atoms with Crippen molar-refractivity contribution in [3.05, 3.63) is 21.4 Å². The third-order valence-corrected chi connectivity index (χ3v) is 8.13. The van der Waals surface area contributed by atoms with Gasteiger partial charge in [-0.3, -0.25) is 14.5 Å². The predicted molar refractivity (Wildman–Crippen MR) is 119 cm³/mol. The first-order chi connectivity index (χ1) is 14.4. The van der Waals surface area contributed by atoms with Crippen molar-refractivity contribution in [3.63, 3.8) is 0 Å². The minimum absolute atomic E-state index is 0.0139. The first-order valence-electron chi connectivity index (χ1n) is 11.4. The average molecular weight is 434 g/mol. The maximum Gasteiger partial charge on any atom is 0.252 e. The summed E-state index contributed by atoms with van der Waals surface area (Å²) in [6.45, 7) is 4.73. The highest BCUT2D eigenvalue weighted by molar-refractivity contribution is 7.10. The number of aliphatic hydroxyl groups is 1. The molecule has 2 amide bonds. The fourth-order valence-corrected chi connectivity index (χ4v) is 6.58. The third-order valence-electron chi connectivity index (χ3n) is 7.04. The summed E-state index contributed by atoms with van der Waals surface area (Å²) in [4.78, 5) is 29.0. The van der Waals surface area contributed by atoms with Crippen molar-refractivity contribution in [2.24, 2.45) is 5.92 Å². The molecule has 0 saturated carbocycles. The number of fused-ring (bicyclic) bond motifs is 3. The summed E-state index contributed by atoms with van der Waals surface area (Å²) < 4.78 is 0. The molecule has 166 valence electrons. The highest BCUT2D eigenvalue weighted by Gasteiger charge is 2.41. The Labute approximate surface area is 183 Å². The topological polar surface area (TPSA) is 81.7 Å². The van der Waals surface area contributed by atoms with Gasteiger partial charge in [-0.25, -0.2) is 0 Å². The summed E-state index contributed by atoms with van der Waals surface area (Å²) in [5.41, 5.74) is 1.60. The summed E-state index contributed by atoms with van der Waals surface area (Å²) in [7, 11) is 0. The van der Waals surface area contributed by atoms with Crippen LogP contribution in [0.1, 0.15) is 73.2 Å². The number of aliphatic hydroxyl groups excluding tert-OH is 1. The van der Waals surface area contributed by atoms with Crippen LogP contribution < -0.4 is 10.6 Å². The average Bonchev–Trinajstić information content (AvgIpc) is 3.23. The summed E-state index contributed by atoms with van der Waals surface area (Å²) >= 11 is 1.74. The summed E-state index contributed by atoms with van der Waals surface area (Å²) in [6.07, 6.45) is 8.93. The second-order valence-electron chi connectivity index (χ2n) is 9.95. The van der Waals surface area contributed by atoms with Crippen LogP contribution in [-0.4, -0.2) is 59.1 Å². The SMILES string of the molecule is CC(C)(CO)NC(=O)CN1[C@@H]2CC[C@H]1CC(CNC(=O)c1csc3c1CCCC3)C2. The number of hydrogen-bond donors (Lipinski definition) is 3. The Morgan fingerprint density at radius 1 is 1.20 bits per heavy atom. The van der Waals surface area contributed by atoms with E-state index in [0.717, 1.165) is 50.6 Å². The minimum Gasteiger partial charge on any atom is -0.394 e. The number of piperidine rings is 1. The van der Waals surface area contributed by atoms with Gasteiger partial charge in [0.25, 0.3) is 5.91 Å². The van der Waals surface area contributed by atoms with Crippen molar-refractivity contribution >= 4 is 23.2 Å². The fraction of sp³-hybridized carbons (Fsp3) is 0.739. The van der Waals surface area contributed by atoms with Crippen LogP contribution in [-0.2, 0) is 17.6 Å². The molecule has 1 unspecified atom stereocenters. The molecule has 30 heavy (non-hydrogen) atoms. The lowest BCUT2D eigenvalue weighted by Gasteiger charge is -2.39. The van der Waals surface area contributed by atoms with E-state index in [0.29, 0.717) is 24.5 Å². The van der Waals surface area contributed by atoms with Crippen molar-refractivity contribution in [1.82, 2.24) is 15.5 Å². The van der Waals surface area contributed by atoms with Crippen molar-refractivity contribution < 1.29 is 14.7 Å². The van der Waals surface area contributed by atoms with Gasteiger partial charge in [0.05, 0.1) is 24.3 Å². The molecule has 3 heterocycles. The molecule has 3 N–H and O–H groups in total. The van der Waals surface area contributed by atoms with Crippen LogP contribution in [0.5, 0.6) is 0 Å². The van der Waals surface area contributed by atoms with Crippen molar-refractivity contribution in [1.29, 1.82) is 0 Å². The van der Waals surface area contributed by atoms with Gasteiger partial charge >= 0.3 is 0 Å². The van der Waals surface area contributed by atoms with Crippen LogP contribution in [0.2, 0.25) is 0 Å². The van der Waals surface area contributed by atoms with E-state index >= 15 is 0 Å². The van der Waals surface area contributed by atoms with Crippen LogP contribution in [0, 0.1) is 5.92 Å². The Kier molecular flexibility index (Phi) is 6.51. The van der Waals surface area contributed by atoms with Crippen molar-refractivity contribution in [3.8, 4) is 0 Å². The smallest absolute Gasteiger partial charge is 0.252 e. The van der Waals surface area contributed by atoms with Gasteiger partial charge in [-0.05, 0) is 76.7 Å². The number of hydrogen-bond acceptors (Lipinski definition) is 5. The molecule has 2 fully saturated rings. The van der Waals surface area contributed by atoms with Gasteiger partial charge < -0.3 is 15.7 Å². The molecule has 0 aromatic carbocycles. The highest BCUT2D eigenvalue weighted by atomic mass is 32.1. The van der Waals surface area contributed by atoms with E-state index in [-0.39, 0.29) is 18.4 Å². The number of thiophene rings is 1. The normalized spacial score (nSPS) is 26.3. The van der Waals surface area contributed by atoms with E-state index in [2.05, 4.69) is 15.5 Å². The lowest BCUT2D eigenvalue weighted by molar-refractivity contribution is -0.125. The van der Waals surface area contributed by atoms with Crippen LogP contribution in [0.25, 0.3) is 0 Å². The summed E-state index contributed by atoms with van der Waals surface area (Å²) in [5, 5.41) is 17.6. The van der Waals surface area contributed by atoms with E-state index in [1.165, 1.54) is 23.3 Å². The summed E-state index contributed by atoms with van der Waals surface area (Å²) in [6, 6.07) is 0.838. The first kappa shape index (κ1) is 21.8. The number of carbonyl (C=O) groups is 2. The van der Waals surface area contributed by atoms with Gasteiger partial charge in [-0.1, -0.05) is 0 Å². The second-order valence-corrected chi connectivity index (χ2v) is 10.9. The Morgan fingerprint density at radius 3 is 2.60 bits per heavy atom. The summed E-state index contributed by atoms with van der Waals surface area (Å²) in [5.74, 6) is 0.559. The lowest BCUT2D eigenvalue weighted by Crippen LogP contribution is -2.53. The zero-order chi connectivity index (χ0) is 21.3. The number of rotatable bonds is 7. The Morgan fingerprint density at radius 2 is 1.90 bits per heavy atom. The van der Waals surface area contributed by atoms with Gasteiger partial charge in [0.15, 0.2) is 0 Å². The lowest BCUT2D eigenvalue weighted by atomic mass is 9.90. The Bertz CT molecular complexity index is 777. The van der Waals surface area contributed by atoms with Crippen LogP contribution in [0.4, 0.5) is 0 Å². The molecule has 0 radical (unpaired) electrons. The van der Waals surface area contributed by atoms with Gasteiger partial charge in [0.2, 0.25) is 5.91 Å². The molecule has 2 aliphatic heterocycles. The number of amides is 2. The largest absolute Gasteiger partial charge is 0.394 e. The van der Waals surface area contributed by atoms with Crippen molar-refractivity contribution in [2.45, 2.75) is 82.8 Å². The molecule has 1 aromatic rings.